The van der Waals surface area contributed by atoms with Gasteiger partial charge in [0, 0.05) is 24.1 Å². The number of hydrogen-bond donors (Lipinski definition) is 2. The summed E-state index contributed by atoms with van der Waals surface area (Å²) >= 11 is 0. The van der Waals surface area contributed by atoms with E-state index in [1.54, 1.807) is 9.58 Å². The van der Waals surface area contributed by atoms with Crippen LogP contribution >= 0.6 is 0 Å². The average Bonchev–Trinajstić information content (AvgIpc) is 3.41. The number of carbonyl (C=O) groups is 2. The number of carbonyl (C=O) groups excluding carboxylic acids is 2. The molecule has 1 aromatic heterocycles. The summed E-state index contributed by atoms with van der Waals surface area (Å²) in [6, 6.07) is 7.61. The zero-order valence-corrected chi connectivity index (χ0v) is 16.7. The number of hydrogen-bond acceptors (Lipinski definition) is 5. The predicted molar refractivity (Wildman–Crippen MR) is 112 cm³/mol. The monoisotopic (exact) mass is 407 g/mol. The highest BCUT2D eigenvalue weighted by atomic mass is 16.5. The van der Waals surface area contributed by atoms with Gasteiger partial charge in [-0.3, -0.25) is 9.59 Å². The van der Waals surface area contributed by atoms with Gasteiger partial charge in [0.1, 0.15) is 22.8 Å². The van der Waals surface area contributed by atoms with Gasteiger partial charge in [0.2, 0.25) is 5.91 Å². The molecule has 1 aromatic carbocycles. The van der Waals surface area contributed by atoms with Crippen LogP contribution in [-0.2, 0) is 4.79 Å². The van der Waals surface area contributed by atoms with E-state index in [0.29, 0.717) is 17.6 Å². The number of rotatable bonds is 6. The van der Waals surface area contributed by atoms with E-state index in [0.717, 1.165) is 50.1 Å². The quantitative estimate of drug-likeness (QED) is 0.712. The van der Waals surface area contributed by atoms with Gasteiger partial charge >= 0.3 is 0 Å². The first-order chi connectivity index (χ1) is 14.4. The van der Waals surface area contributed by atoms with Gasteiger partial charge in [-0.15, -0.1) is 0 Å². The number of amides is 2. The Labute approximate surface area is 174 Å². The summed E-state index contributed by atoms with van der Waals surface area (Å²) in [6.45, 7) is 5.00. The van der Waals surface area contributed by atoms with Crippen molar-refractivity contribution < 1.29 is 14.3 Å². The summed E-state index contributed by atoms with van der Waals surface area (Å²) in [5.41, 5.74) is 13.6. The fourth-order valence-electron chi connectivity index (χ4n) is 4.66. The van der Waals surface area contributed by atoms with Crippen molar-refractivity contribution in [2.24, 2.45) is 11.1 Å². The minimum atomic E-state index is -0.590. The van der Waals surface area contributed by atoms with Gasteiger partial charge in [0.25, 0.3) is 5.91 Å². The standard InChI is InChI=1S/C22H25N5O3/c1-2-17(28)26-11-22(12-26)9-14(10-22)27-20(23)18(21(24)29)19(25-27)13-3-5-15(6-4-13)30-16-7-8-16/h2-6,14,16H,1,7-12,23H2,(H2,24,29). The largest absolute Gasteiger partial charge is 0.490 e. The van der Waals surface area contributed by atoms with E-state index >= 15 is 0 Å². The average molecular weight is 407 g/mol. The molecule has 2 aliphatic carbocycles. The third kappa shape index (κ3) is 3.03. The predicted octanol–water partition coefficient (Wildman–Crippen LogP) is 2.12. The molecule has 30 heavy (non-hydrogen) atoms. The minimum Gasteiger partial charge on any atom is -0.490 e. The number of likely N-dealkylation sites (tertiary alicyclic amines) is 1. The number of nitrogen functional groups attached to an aromatic ring is 1. The van der Waals surface area contributed by atoms with Gasteiger partial charge < -0.3 is 21.1 Å². The molecule has 1 saturated heterocycles. The molecule has 0 bridgehead atoms. The third-order valence-electron chi connectivity index (χ3n) is 6.37. The van der Waals surface area contributed by atoms with Crippen molar-refractivity contribution in [3.63, 3.8) is 0 Å². The van der Waals surface area contributed by atoms with E-state index in [1.807, 2.05) is 24.3 Å². The number of ether oxygens (including phenoxy) is 1. The topological polar surface area (TPSA) is 116 Å². The Balaban J connectivity index is 1.35. The van der Waals surface area contributed by atoms with Gasteiger partial charge in [-0.2, -0.15) is 5.10 Å². The maximum atomic E-state index is 12.1. The van der Waals surface area contributed by atoms with Crippen LogP contribution in [0.25, 0.3) is 11.3 Å². The molecule has 2 heterocycles. The van der Waals surface area contributed by atoms with Gasteiger partial charge in [-0.05, 0) is 56.0 Å². The first-order valence-corrected chi connectivity index (χ1v) is 10.3. The lowest BCUT2D eigenvalue weighted by atomic mass is 9.60. The molecule has 8 heteroatoms. The molecule has 1 aliphatic heterocycles. The number of nitrogens with two attached hydrogens (primary N) is 2. The zero-order valence-electron chi connectivity index (χ0n) is 16.7. The summed E-state index contributed by atoms with van der Waals surface area (Å²) < 4.78 is 7.52. The summed E-state index contributed by atoms with van der Waals surface area (Å²) in [5, 5.41) is 4.67. The van der Waals surface area contributed by atoms with Gasteiger partial charge in [-0.1, -0.05) is 6.58 Å². The van der Waals surface area contributed by atoms with Crippen LogP contribution < -0.4 is 16.2 Å². The molecule has 3 aliphatic rings. The number of anilines is 1. The SMILES string of the molecule is C=CC(=O)N1CC2(CC(n3nc(-c4ccc(OC5CC5)cc4)c(C(N)=O)c3N)C2)C1. The second-order valence-electron chi connectivity index (χ2n) is 8.72. The van der Waals surface area contributed by atoms with Crippen molar-refractivity contribution in [3.05, 3.63) is 42.5 Å². The molecular weight excluding hydrogens is 382 g/mol. The smallest absolute Gasteiger partial charge is 0.254 e. The van der Waals surface area contributed by atoms with Crippen molar-refractivity contribution >= 4 is 17.6 Å². The Bertz CT molecular complexity index is 1020. The van der Waals surface area contributed by atoms with Crippen LogP contribution in [0, 0.1) is 5.41 Å². The van der Waals surface area contributed by atoms with Crippen LogP contribution in [0.15, 0.2) is 36.9 Å². The molecule has 4 N–H and O–H groups in total. The summed E-state index contributed by atoms with van der Waals surface area (Å²) in [6.07, 6.45) is 5.59. The number of nitrogens with zero attached hydrogens (tertiary/aromatic N) is 3. The second kappa shape index (κ2) is 6.62. The molecule has 2 amide bonds. The maximum absolute atomic E-state index is 12.1. The number of benzene rings is 1. The molecule has 5 rings (SSSR count). The van der Waals surface area contributed by atoms with Crippen molar-refractivity contribution in [3.8, 4) is 17.0 Å². The molecule has 0 unspecified atom stereocenters. The van der Waals surface area contributed by atoms with E-state index in [2.05, 4.69) is 11.7 Å². The lowest BCUT2D eigenvalue weighted by Crippen LogP contribution is -2.63. The lowest BCUT2D eigenvalue weighted by molar-refractivity contribution is -0.148. The molecular formula is C22H25N5O3. The van der Waals surface area contributed by atoms with Crippen molar-refractivity contribution in [1.82, 2.24) is 14.7 Å². The second-order valence-corrected chi connectivity index (χ2v) is 8.72. The Hall–Kier alpha value is -3.29. The van der Waals surface area contributed by atoms with Crippen LogP contribution in [0.5, 0.6) is 5.75 Å². The molecule has 0 atom stereocenters. The summed E-state index contributed by atoms with van der Waals surface area (Å²) in [7, 11) is 0. The van der Waals surface area contributed by atoms with Crippen LogP contribution in [0.4, 0.5) is 5.82 Å². The Morgan fingerprint density at radius 1 is 1.20 bits per heavy atom. The van der Waals surface area contributed by atoms with Crippen LogP contribution in [-0.4, -0.2) is 45.7 Å². The van der Waals surface area contributed by atoms with Crippen molar-refractivity contribution in [2.75, 3.05) is 18.8 Å². The number of primary amides is 1. The first-order valence-electron chi connectivity index (χ1n) is 10.3. The van der Waals surface area contributed by atoms with E-state index in [-0.39, 0.29) is 22.9 Å². The van der Waals surface area contributed by atoms with E-state index in [4.69, 9.17) is 16.2 Å². The molecule has 0 radical (unpaired) electrons. The van der Waals surface area contributed by atoms with E-state index in [1.165, 1.54) is 6.08 Å². The maximum Gasteiger partial charge on any atom is 0.254 e. The Morgan fingerprint density at radius 3 is 2.43 bits per heavy atom. The highest BCUT2D eigenvalue weighted by Crippen LogP contribution is 2.54. The Kier molecular flexibility index (Phi) is 4.13. The molecule has 156 valence electrons. The lowest BCUT2D eigenvalue weighted by Gasteiger charge is -2.58. The molecule has 8 nitrogen and oxygen atoms in total. The summed E-state index contributed by atoms with van der Waals surface area (Å²) in [4.78, 5) is 25.6. The van der Waals surface area contributed by atoms with Crippen LogP contribution in [0.2, 0.25) is 0 Å². The van der Waals surface area contributed by atoms with Gasteiger partial charge in [0.15, 0.2) is 0 Å². The third-order valence-corrected chi connectivity index (χ3v) is 6.37. The van der Waals surface area contributed by atoms with Crippen LogP contribution in [0.3, 0.4) is 0 Å². The van der Waals surface area contributed by atoms with Crippen molar-refractivity contribution in [1.29, 1.82) is 0 Å². The van der Waals surface area contributed by atoms with Gasteiger partial charge in [-0.25, -0.2) is 4.68 Å². The van der Waals surface area contributed by atoms with E-state index < -0.39 is 5.91 Å². The summed E-state index contributed by atoms with van der Waals surface area (Å²) in [5.74, 6) is 0.482. The fraction of sp³-hybridized carbons (Fsp3) is 0.409. The van der Waals surface area contributed by atoms with E-state index in [9.17, 15) is 9.59 Å². The van der Waals surface area contributed by atoms with Crippen molar-refractivity contribution in [2.45, 2.75) is 37.8 Å². The Morgan fingerprint density at radius 2 is 1.87 bits per heavy atom. The fourth-order valence-corrected chi connectivity index (χ4v) is 4.66. The molecule has 2 saturated carbocycles. The molecule has 2 aromatic rings. The molecule has 1 spiro atoms. The van der Waals surface area contributed by atoms with Gasteiger partial charge in [0.05, 0.1) is 12.1 Å². The number of aromatic nitrogens is 2. The first kappa shape index (κ1) is 18.7. The molecule has 3 fully saturated rings. The highest BCUT2D eigenvalue weighted by Gasteiger charge is 2.54. The normalized spacial score (nSPS) is 19.8. The minimum absolute atomic E-state index is 0.0323. The highest BCUT2D eigenvalue weighted by molar-refractivity contribution is 6.03. The zero-order chi connectivity index (χ0) is 21.0. The van der Waals surface area contributed by atoms with Crippen LogP contribution in [0.1, 0.15) is 42.1 Å².